The Morgan fingerprint density at radius 1 is 1.33 bits per heavy atom. The fourth-order valence-corrected chi connectivity index (χ4v) is 3.30. The number of carbonyl (C=O) groups excluding carboxylic acids is 1. The lowest BCUT2D eigenvalue weighted by Gasteiger charge is -2.30. The average molecular weight is 251 g/mol. The summed E-state index contributed by atoms with van der Waals surface area (Å²) in [5.41, 5.74) is 5.25. The van der Waals surface area contributed by atoms with Gasteiger partial charge in [-0.3, -0.25) is 4.79 Å². The molecular weight excluding hydrogens is 226 g/mol. The van der Waals surface area contributed by atoms with Gasteiger partial charge in [0, 0.05) is 18.6 Å². The number of hydrogen-bond acceptors (Lipinski definition) is 3. The summed E-state index contributed by atoms with van der Waals surface area (Å²) in [7, 11) is 2.21. The maximum absolute atomic E-state index is 11.8. The van der Waals surface area contributed by atoms with Crippen LogP contribution in [0.3, 0.4) is 0 Å². The van der Waals surface area contributed by atoms with E-state index in [4.69, 9.17) is 5.73 Å². The number of nitrogens with zero attached hydrogens (tertiary/aromatic N) is 1. The second-order valence-electron chi connectivity index (χ2n) is 6.64. The van der Waals surface area contributed by atoms with Crippen LogP contribution in [0.2, 0.25) is 0 Å². The summed E-state index contributed by atoms with van der Waals surface area (Å²) in [6.07, 6.45) is 8.11. The fourth-order valence-electron chi connectivity index (χ4n) is 3.30. The van der Waals surface area contributed by atoms with Crippen molar-refractivity contribution in [1.82, 2.24) is 10.2 Å². The third-order valence-corrected chi connectivity index (χ3v) is 4.88. The van der Waals surface area contributed by atoms with Crippen LogP contribution in [0.4, 0.5) is 0 Å². The molecule has 0 radical (unpaired) electrons. The first-order valence-electron chi connectivity index (χ1n) is 7.37. The van der Waals surface area contributed by atoms with Crippen LogP contribution in [0, 0.1) is 5.92 Å². The first-order valence-corrected chi connectivity index (χ1v) is 7.37. The van der Waals surface area contributed by atoms with Crippen molar-refractivity contribution in [3.63, 3.8) is 0 Å². The molecule has 1 amide bonds. The molecule has 4 nitrogen and oxygen atoms in total. The van der Waals surface area contributed by atoms with Gasteiger partial charge in [-0.05, 0) is 57.9 Å². The van der Waals surface area contributed by atoms with Crippen LogP contribution in [0.25, 0.3) is 0 Å². The van der Waals surface area contributed by atoms with Crippen molar-refractivity contribution < 1.29 is 4.79 Å². The summed E-state index contributed by atoms with van der Waals surface area (Å²) >= 11 is 0. The largest absolute Gasteiger partial charge is 0.368 e. The van der Waals surface area contributed by atoms with Crippen LogP contribution in [0.5, 0.6) is 0 Å². The van der Waals surface area contributed by atoms with Crippen LogP contribution in [0.15, 0.2) is 0 Å². The summed E-state index contributed by atoms with van der Waals surface area (Å²) in [5, 5.41) is 3.52. The molecule has 102 valence electrons. The molecule has 2 unspecified atom stereocenters. The highest BCUT2D eigenvalue weighted by Gasteiger charge is 2.47. The number of hydrogen-bond donors (Lipinski definition) is 2. The predicted molar refractivity (Wildman–Crippen MR) is 71.1 cm³/mol. The summed E-state index contributed by atoms with van der Waals surface area (Å²) in [6, 6.07) is 1.08. The van der Waals surface area contributed by atoms with Crippen molar-refractivity contribution >= 4 is 5.91 Å². The Morgan fingerprint density at radius 2 is 2.06 bits per heavy atom. The van der Waals surface area contributed by atoms with E-state index in [0.717, 1.165) is 25.2 Å². The van der Waals surface area contributed by atoms with Gasteiger partial charge >= 0.3 is 0 Å². The molecule has 0 saturated heterocycles. The molecule has 4 heteroatoms. The first-order chi connectivity index (χ1) is 8.59. The monoisotopic (exact) mass is 251 g/mol. The van der Waals surface area contributed by atoms with Crippen LogP contribution in [0.1, 0.15) is 44.9 Å². The van der Waals surface area contributed by atoms with Gasteiger partial charge in [0.25, 0.3) is 0 Å². The maximum Gasteiger partial charge on any atom is 0.237 e. The molecule has 3 N–H and O–H groups in total. The minimum Gasteiger partial charge on any atom is -0.368 e. The molecule has 3 saturated carbocycles. The lowest BCUT2D eigenvalue weighted by atomic mass is 9.96. The van der Waals surface area contributed by atoms with E-state index in [1.807, 2.05) is 0 Å². The number of amides is 1. The van der Waals surface area contributed by atoms with Crippen LogP contribution in [-0.2, 0) is 4.79 Å². The molecular formula is C14H25N3O. The summed E-state index contributed by atoms with van der Waals surface area (Å²) < 4.78 is 0. The molecule has 0 aromatic rings. The summed E-state index contributed by atoms with van der Waals surface area (Å²) in [4.78, 5) is 14.3. The van der Waals surface area contributed by atoms with Gasteiger partial charge in [0.2, 0.25) is 5.91 Å². The van der Waals surface area contributed by atoms with Crippen LogP contribution >= 0.6 is 0 Å². The van der Waals surface area contributed by atoms with E-state index >= 15 is 0 Å². The maximum atomic E-state index is 11.8. The number of primary amides is 1. The van der Waals surface area contributed by atoms with Crippen molar-refractivity contribution in [3.8, 4) is 0 Å². The highest BCUT2D eigenvalue weighted by atomic mass is 16.1. The average Bonchev–Trinajstić information content (AvgIpc) is 3.21. The molecule has 0 aliphatic heterocycles. The third kappa shape index (κ3) is 2.54. The lowest BCUT2D eigenvalue weighted by molar-refractivity contribution is -0.124. The summed E-state index contributed by atoms with van der Waals surface area (Å²) in [5.74, 6) is 0.770. The number of nitrogens with two attached hydrogens (primary N) is 1. The normalized spacial score (nSPS) is 36.2. The van der Waals surface area contributed by atoms with Gasteiger partial charge in [-0.1, -0.05) is 0 Å². The molecule has 0 spiro atoms. The Bertz CT molecular complexity index is 338. The van der Waals surface area contributed by atoms with Crippen LogP contribution in [-0.4, -0.2) is 42.0 Å². The zero-order valence-electron chi connectivity index (χ0n) is 11.3. The molecule has 3 aliphatic rings. The highest BCUT2D eigenvalue weighted by Crippen LogP contribution is 2.37. The second kappa shape index (κ2) is 4.49. The Kier molecular flexibility index (Phi) is 3.10. The van der Waals surface area contributed by atoms with E-state index in [1.165, 1.54) is 32.2 Å². The SMILES string of the molecule is CN(CC1CC1)C1CCC(NC2CC2)(C(N)=O)C1. The highest BCUT2D eigenvalue weighted by molar-refractivity contribution is 5.85. The van der Waals surface area contributed by atoms with Gasteiger partial charge < -0.3 is 16.0 Å². The van der Waals surface area contributed by atoms with Gasteiger partial charge in [-0.25, -0.2) is 0 Å². The van der Waals surface area contributed by atoms with Gasteiger partial charge in [-0.15, -0.1) is 0 Å². The molecule has 0 aromatic heterocycles. The Balaban J connectivity index is 1.60. The topological polar surface area (TPSA) is 58.4 Å². The van der Waals surface area contributed by atoms with Gasteiger partial charge in [0.15, 0.2) is 0 Å². The molecule has 0 aromatic carbocycles. The summed E-state index contributed by atoms with van der Waals surface area (Å²) in [6.45, 7) is 1.20. The zero-order valence-corrected chi connectivity index (χ0v) is 11.3. The van der Waals surface area contributed by atoms with E-state index in [9.17, 15) is 4.79 Å². The first kappa shape index (κ1) is 12.4. The van der Waals surface area contributed by atoms with Crippen molar-refractivity contribution in [2.45, 2.75) is 62.6 Å². The molecule has 3 aliphatic carbocycles. The molecule has 3 fully saturated rings. The number of carbonyl (C=O) groups is 1. The van der Waals surface area contributed by atoms with Gasteiger partial charge in [0.1, 0.15) is 0 Å². The molecule has 2 atom stereocenters. The van der Waals surface area contributed by atoms with E-state index in [-0.39, 0.29) is 5.91 Å². The minimum atomic E-state index is -0.413. The van der Waals surface area contributed by atoms with E-state index in [0.29, 0.717) is 12.1 Å². The Morgan fingerprint density at radius 3 is 2.61 bits per heavy atom. The zero-order chi connectivity index (χ0) is 12.8. The molecule has 0 heterocycles. The third-order valence-electron chi connectivity index (χ3n) is 4.88. The van der Waals surface area contributed by atoms with Crippen molar-refractivity contribution in [2.24, 2.45) is 11.7 Å². The fraction of sp³-hybridized carbons (Fsp3) is 0.929. The van der Waals surface area contributed by atoms with E-state index < -0.39 is 5.54 Å². The van der Waals surface area contributed by atoms with E-state index in [2.05, 4.69) is 17.3 Å². The standard InChI is InChI=1S/C14H25N3O/c1-17(9-10-2-3-10)12-6-7-14(8-12,13(15)18)16-11-4-5-11/h10-12,16H,2-9H2,1H3,(H2,15,18). The van der Waals surface area contributed by atoms with Crippen molar-refractivity contribution in [1.29, 1.82) is 0 Å². The molecule has 18 heavy (non-hydrogen) atoms. The predicted octanol–water partition coefficient (Wildman–Crippen LogP) is 0.857. The van der Waals surface area contributed by atoms with E-state index in [1.54, 1.807) is 0 Å². The Labute approximate surface area is 109 Å². The van der Waals surface area contributed by atoms with Crippen molar-refractivity contribution in [2.75, 3.05) is 13.6 Å². The quantitative estimate of drug-likeness (QED) is 0.736. The smallest absolute Gasteiger partial charge is 0.237 e. The van der Waals surface area contributed by atoms with Gasteiger partial charge in [0.05, 0.1) is 5.54 Å². The van der Waals surface area contributed by atoms with Crippen molar-refractivity contribution in [3.05, 3.63) is 0 Å². The molecule has 3 rings (SSSR count). The molecule has 0 bridgehead atoms. The number of rotatable bonds is 6. The van der Waals surface area contributed by atoms with Crippen LogP contribution < -0.4 is 11.1 Å². The minimum absolute atomic E-state index is 0.142. The Hall–Kier alpha value is -0.610. The van der Waals surface area contributed by atoms with Gasteiger partial charge in [-0.2, -0.15) is 0 Å². The lowest BCUT2D eigenvalue weighted by Crippen LogP contribution is -2.55. The number of nitrogens with one attached hydrogen (secondary N) is 1. The second-order valence-corrected chi connectivity index (χ2v) is 6.64.